The minimum atomic E-state index is 0.600. The van der Waals surface area contributed by atoms with Gasteiger partial charge in [0.15, 0.2) is 5.65 Å². The van der Waals surface area contributed by atoms with Gasteiger partial charge in [-0.25, -0.2) is 9.97 Å². The number of benzene rings is 7. The Morgan fingerprint density at radius 3 is 1.79 bits per heavy atom. The van der Waals surface area contributed by atoms with Crippen molar-refractivity contribution in [2.45, 2.75) is 0 Å². The predicted octanol–water partition coefficient (Wildman–Crippen LogP) is 11.7. The van der Waals surface area contributed by atoms with Gasteiger partial charge in [0.1, 0.15) is 0 Å². The minimum Gasteiger partial charge on any atom is -0.309 e. The van der Waals surface area contributed by atoms with Gasteiger partial charge in [0, 0.05) is 49.8 Å². The third-order valence-electron chi connectivity index (χ3n) is 10.4. The van der Waals surface area contributed by atoms with Crippen LogP contribution in [-0.2, 0) is 0 Å². The topological polar surface area (TPSA) is 48.5 Å². The van der Waals surface area contributed by atoms with Gasteiger partial charge in [0.05, 0.1) is 27.8 Å². The van der Waals surface area contributed by atoms with E-state index in [4.69, 9.17) is 15.0 Å². The van der Waals surface area contributed by atoms with Gasteiger partial charge in [-0.2, -0.15) is 4.98 Å². The van der Waals surface area contributed by atoms with Crippen molar-refractivity contribution >= 4 is 65.4 Å². The standard InChI is InChI=1S/C47H29N5/c1-3-14-30(15-4-1)44-38-22-13-27-48-46(38)50-47(49-44)52-42-24-12-10-20-35(42)40-29-39(33-18-7-8-21-37(33)45(40)52)31-25-26-36-34-19-9-11-23-41(34)51(43(36)28-31)32-16-5-2-6-17-32/h1-29H. The monoisotopic (exact) mass is 663 g/mol. The highest BCUT2D eigenvalue weighted by Gasteiger charge is 2.22. The van der Waals surface area contributed by atoms with E-state index in [1.165, 1.54) is 38.3 Å². The average molecular weight is 664 g/mol. The van der Waals surface area contributed by atoms with Gasteiger partial charge in [-0.05, 0) is 65.0 Å². The Balaban J connectivity index is 1.22. The first-order valence-electron chi connectivity index (χ1n) is 17.5. The zero-order valence-corrected chi connectivity index (χ0v) is 28.0. The van der Waals surface area contributed by atoms with E-state index in [9.17, 15) is 0 Å². The molecule has 7 aromatic carbocycles. The lowest BCUT2D eigenvalue weighted by Crippen LogP contribution is -2.04. The van der Waals surface area contributed by atoms with Crippen molar-refractivity contribution in [3.8, 4) is 34.0 Å². The highest BCUT2D eigenvalue weighted by molar-refractivity contribution is 6.22. The van der Waals surface area contributed by atoms with Crippen LogP contribution in [0.5, 0.6) is 0 Å². The number of pyridine rings is 1. The lowest BCUT2D eigenvalue weighted by molar-refractivity contribution is 1.01. The Bertz CT molecular complexity index is 3180. The minimum absolute atomic E-state index is 0.600. The van der Waals surface area contributed by atoms with Crippen LogP contribution in [0.3, 0.4) is 0 Å². The Morgan fingerprint density at radius 2 is 1.00 bits per heavy atom. The molecule has 0 aliphatic rings. The molecule has 0 N–H and O–H groups in total. The maximum atomic E-state index is 5.30. The summed E-state index contributed by atoms with van der Waals surface area (Å²) in [7, 11) is 0. The van der Waals surface area contributed by atoms with Gasteiger partial charge in [0.2, 0.25) is 5.95 Å². The fourth-order valence-corrected chi connectivity index (χ4v) is 8.13. The third kappa shape index (κ3) is 4.20. The summed E-state index contributed by atoms with van der Waals surface area (Å²) in [6.07, 6.45) is 1.80. The Morgan fingerprint density at radius 1 is 0.385 bits per heavy atom. The van der Waals surface area contributed by atoms with E-state index in [0.717, 1.165) is 49.5 Å². The molecule has 0 bridgehead atoms. The Hall–Kier alpha value is -7.11. The molecule has 242 valence electrons. The van der Waals surface area contributed by atoms with Crippen molar-refractivity contribution < 1.29 is 0 Å². The smallest absolute Gasteiger partial charge is 0.237 e. The Labute approximate surface area is 298 Å². The van der Waals surface area contributed by atoms with Crippen molar-refractivity contribution in [3.05, 3.63) is 176 Å². The molecule has 11 rings (SSSR count). The summed E-state index contributed by atoms with van der Waals surface area (Å²) in [5.41, 5.74) is 10.6. The quantitative estimate of drug-likeness (QED) is 0.188. The highest BCUT2D eigenvalue weighted by atomic mass is 15.2. The van der Waals surface area contributed by atoms with Crippen LogP contribution in [0.1, 0.15) is 0 Å². The summed E-state index contributed by atoms with van der Waals surface area (Å²) in [4.78, 5) is 15.1. The van der Waals surface area contributed by atoms with Crippen LogP contribution in [0, 0.1) is 0 Å². The van der Waals surface area contributed by atoms with Crippen LogP contribution >= 0.6 is 0 Å². The van der Waals surface area contributed by atoms with E-state index in [-0.39, 0.29) is 0 Å². The third-order valence-corrected chi connectivity index (χ3v) is 10.4. The molecule has 0 atom stereocenters. The number of aromatic nitrogens is 5. The molecule has 0 fully saturated rings. The van der Waals surface area contributed by atoms with Gasteiger partial charge in [0.25, 0.3) is 0 Å². The molecule has 0 aliphatic carbocycles. The van der Waals surface area contributed by atoms with Crippen LogP contribution in [0.15, 0.2) is 176 Å². The molecular weight excluding hydrogens is 635 g/mol. The second-order valence-corrected chi connectivity index (χ2v) is 13.3. The molecule has 5 heteroatoms. The fourth-order valence-electron chi connectivity index (χ4n) is 8.13. The van der Waals surface area contributed by atoms with Gasteiger partial charge in [-0.3, -0.25) is 4.57 Å². The maximum Gasteiger partial charge on any atom is 0.237 e. The SMILES string of the molecule is c1ccc(-c2nc(-n3c4ccccc4c4cc(-c5ccc6c7ccccc7n(-c7ccccc7)c6c5)c5ccccc5c43)nc3ncccc23)cc1. The number of rotatable bonds is 4. The number of fused-ring (bicyclic) bond motifs is 9. The van der Waals surface area contributed by atoms with E-state index >= 15 is 0 Å². The molecule has 11 aromatic rings. The fraction of sp³-hybridized carbons (Fsp3) is 0. The lowest BCUT2D eigenvalue weighted by Gasteiger charge is -2.14. The molecule has 4 aromatic heterocycles. The largest absolute Gasteiger partial charge is 0.309 e. The summed E-state index contributed by atoms with van der Waals surface area (Å²) in [5, 5.41) is 8.02. The molecule has 0 spiro atoms. The lowest BCUT2D eigenvalue weighted by atomic mass is 9.94. The summed E-state index contributed by atoms with van der Waals surface area (Å²) in [6, 6.07) is 60.3. The van der Waals surface area contributed by atoms with E-state index in [1.54, 1.807) is 6.20 Å². The maximum absolute atomic E-state index is 5.30. The summed E-state index contributed by atoms with van der Waals surface area (Å²) < 4.78 is 4.62. The van der Waals surface area contributed by atoms with E-state index in [2.05, 4.69) is 155 Å². The summed E-state index contributed by atoms with van der Waals surface area (Å²) in [5.74, 6) is 0.600. The molecule has 4 heterocycles. The number of hydrogen-bond acceptors (Lipinski definition) is 3. The molecular formula is C47H29N5. The number of nitrogens with zero attached hydrogens (tertiary/aromatic N) is 5. The van der Waals surface area contributed by atoms with E-state index in [0.29, 0.717) is 11.6 Å². The van der Waals surface area contributed by atoms with E-state index < -0.39 is 0 Å². The highest BCUT2D eigenvalue weighted by Crippen LogP contribution is 2.43. The van der Waals surface area contributed by atoms with Gasteiger partial charge < -0.3 is 4.57 Å². The first kappa shape index (κ1) is 28.7. The molecule has 0 aliphatic heterocycles. The van der Waals surface area contributed by atoms with Gasteiger partial charge in [-0.15, -0.1) is 0 Å². The second-order valence-electron chi connectivity index (χ2n) is 13.3. The Kier molecular flexibility index (Phi) is 6.18. The molecule has 0 saturated carbocycles. The second kappa shape index (κ2) is 11.2. The number of hydrogen-bond donors (Lipinski definition) is 0. The average Bonchev–Trinajstić information content (AvgIpc) is 3.73. The van der Waals surface area contributed by atoms with Crippen molar-refractivity contribution in [2.75, 3.05) is 0 Å². The molecule has 0 radical (unpaired) electrons. The summed E-state index contributed by atoms with van der Waals surface area (Å²) >= 11 is 0. The normalized spacial score (nSPS) is 11.8. The van der Waals surface area contributed by atoms with Crippen molar-refractivity contribution in [3.63, 3.8) is 0 Å². The first-order valence-corrected chi connectivity index (χ1v) is 17.5. The summed E-state index contributed by atoms with van der Waals surface area (Å²) in [6.45, 7) is 0. The predicted molar refractivity (Wildman–Crippen MR) is 214 cm³/mol. The van der Waals surface area contributed by atoms with Gasteiger partial charge in [-0.1, -0.05) is 121 Å². The van der Waals surface area contributed by atoms with Crippen LogP contribution in [0.25, 0.3) is 99.4 Å². The van der Waals surface area contributed by atoms with Crippen molar-refractivity contribution in [2.24, 2.45) is 0 Å². The van der Waals surface area contributed by atoms with Gasteiger partial charge >= 0.3 is 0 Å². The zero-order chi connectivity index (χ0) is 34.2. The molecule has 5 nitrogen and oxygen atoms in total. The molecule has 0 unspecified atom stereocenters. The van der Waals surface area contributed by atoms with Crippen LogP contribution < -0.4 is 0 Å². The van der Waals surface area contributed by atoms with Crippen molar-refractivity contribution in [1.29, 1.82) is 0 Å². The first-order chi connectivity index (χ1) is 25.8. The zero-order valence-electron chi connectivity index (χ0n) is 28.0. The molecule has 52 heavy (non-hydrogen) atoms. The van der Waals surface area contributed by atoms with Crippen molar-refractivity contribution in [1.82, 2.24) is 24.1 Å². The van der Waals surface area contributed by atoms with Crippen LogP contribution in [-0.4, -0.2) is 24.1 Å². The molecule has 0 saturated heterocycles. The number of para-hydroxylation sites is 3. The van der Waals surface area contributed by atoms with Crippen LogP contribution in [0.2, 0.25) is 0 Å². The van der Waals surface area contributed by atoms with Crippen LogP contribution in [0.4, 0.5) is 0 Å². The van der Waals surface area contributed by atoms with E-state index in [1.807, 2.05) is 24.3 Å². The molecule has 0 amide bonds.